The van der Waals surface area contributed by atoms with Crippen LogP contribution in [0.4, 0.5) is 0 Å². The molecule has 0 saturated carbocycles. The lowest BCUT2D eigenvalue weighted by atomic mass is 9.82. The summed E-state index contributed by atoms with van der Waals surface area (Å²) in [5.74, 6) is 1.83. The van der Waals surface area contributed by atoms with Crippen molar-refractivity contribution >= 4 is 78.5 Å². The second-order valence-electron chi connectivity index (χ2n) is 40.8. The minimum Gasteiger partial charge on any atom is -0.490 e. The molecular weight excluding hydrogens is 1710 g/mol. The first-order chi connectivity index (χ1) is 68.0. The molecule has 6 amide bonds. The average molecular weight is 1900 g/mol. The summed E-state index contributed by atoms with van der Waals surface area (Å²) in [6, 6.07) is 22.7. The molecule has 0 fully saturated rings. The molecule has 0 bridgehead atoms. The van der Waals surface area contributed by atoms with E-state index in [2.05, 4.69) is 52.2 Å². The van der Waals surface area contributed by atoms with Crippen molar-refractivity contribution in [2.24, 2.45) is 0 Å². The fraction of sp³-hybridized carbons (Fsp3) is 0.689. The molecule has 16 heteroatoms. The van der Waals surface area contributed by atoms with Gasteiger partial charge in [0.2, 0.25) is 11.5 Å². The Morgan fingerprint density at radius 1 is 0.217 bits per heavy atom. The number of nitrogens with one attached hydrogen (secondary N) is 2. The summed E-state index contributed by atoms with van der Waals surface area (Å²) in [5, 5.41) is 12.7. The van der Waals surface area contributed by atoms with Crippen LogP contribution in [0.1, 0.15) is 540 Å². The Labute approximate surface area is 835 Å². The number of rotatable bonds is 88. The van der Waals surface area contributed by atoms with Gasteiger partial charge in [0.25, 0.3) is 35.4 Å². The van der Waals surface area contributed by atoms with E-state index >= 15 is 0 Å². The normalized spacial score (nSPS) is 12.6. The van der Waals surface area contributed by atoms with Crippen molar-refractivity contribution in [1.29, 1.82) is 0 Å². The van der Waals surface area contributed by atoms with Crippen molar-refractivity contribution < 1.29 is 57.2 Å². The Morgan fingerprint density at radius 3 is 0.609 bits per heavy atom. The first kappa shape index (κ1) is 113. The molecule has 7 aromatic carbocycles. The molecule has 2 aliphatic heterocycles. The molecule has 768 valence electrons. The molecule has 0 saturated heterocycles. The maximum Gasteiger partial charge on any atom is 0.261 e. The van der Waals surface area contributed by atoms with Crippen molar-refractivity contribution in [2.45, 2.75) is 478 Å². The fourth-order valence-corrected chi connectivity index (χ4v) is 20.6. The van der Waals surface area contributed by atoms with E-state index in [1.807, 2.05) is 72.8 Å². The van der Waals surface area contributed by atoms with Crippen LogP contribution in [0.3, 0.4) is 0 Å². The number of hydrogen-bond donors (Lipinski definition) is 2. The molecule has 2 aliphatic rings. The zero-order chi connectivity index (χ0) is 97.5. The van der Waals surface area contributed by atoms with Gasteiger partial charge in [0.1, 0.15) is 0 Å². The number of hydrogen-bond acceptors (Lipinski definition) is 12. The van der Waals surface area contributed by atoms with Gasteiger partial charge in [0.15, 0.2) is 23.0 Å². The molecule has 0 aliphatic carbocycles. The highest BCUT2D eigenvalue weighted by Crippen LogP contribution is 2.48. The zero-order valence-electron chi connectivity index (χ0n) is 87.9. The third-order valence-corrected chi connectivity index (χ3v) is 29.1. The van der Waals surface area contributed by atoms with Crippen molar-refractivity contribution in [3.63, 3.8) is 0 Å². The van der Waals surface area contributed by atoms with Gasteiger partial charge in [-0.2, -0.15) is 0 Å². The minimum atomic E-state index is -0.322. The summed E-state index contributed by atoms with van der Waals surface area (Å²) < 4.78 is 39.9. The molecule has 138 heavy (non-hydrogen) atoms. The number of ether oxygens (including phenoxy) is 6. The smallest absolute Gasteiger partial charge is 0.261 e. The third-order valence-electron chi connectivity index (χ3n) is 29.1. The van der Waals surface area contributed by atoms with Crippen molar-refractivity contribution in [3.8, 4) is 34.5 Å². The van der Waals surface area contributed by atoms with Crippen LogP contribution in [0.15, 0.2) is 72.8 Å². The highest BCUT2D eigenvalue weighted by Gasteiger charge is 2.37. The summed E-state index contributed by atoms with van der Waals surface area (Å²) in [7, 11) is 0. The van der Waals surface area contributed by atoms with Crippen molar-refractivity contribution in [1.82, 2.24) is 20.4 Å². The molecule has 0 spiro atoms. The first-order valence-electron chi connectivity index (χ1n) is 57.6. The second kappa shape index (κ2) is 69.7. The van der Waals surface area contributed by atoms with Crippen molar-refractivity contribution in [3.05, 3.63) is 106 Å². The Hall–Kier alpha value is -8.14. The Kier molecular flexibility index (Phi) is 57.3. The Balaban J connectivity index is 0.778. The predicted molar refractivity (Wildman–Crippen MR) is 577 cm³/mol. The van der Waals surface area contributed by atoms with Gasteiger partial charge < -0.3 is 39.1 Å². The quantitative estimate of drug-likeness (QED) is 0.0159. The number of carbonyl (C=O) groups is 6. The Bertz CT molecular complexity index is 4090. The lowest BCUT2D eigenvalue weighted by Crippen LogP contribution is -2.41. The van der Waals surface area contributed by atoms with Gasteiger partial charge in [0, 0.05) is 70.3 Å². The zero-order valence-corrected chi connectivity index (χ0v) is 87.9. The first-order valence-corrected chi connectivity index (χ1v) is 57.6. The van der Waals surface area contributed by atoms with Crippen LogP contribution in [0, 0.1) is 0 Å². The van der Waals surface area contributed by atoms with Crippen LogP contribution in [-0.2, 0) is 0 Å². The van der Waals surface area contributed by atoms with Crippen LogP contribution in [0.25, 0.3) is 43.1 Å². The van der Waals surface area contributed by atoms with Crippen molar-refractivity contribution in [2.75, 3.05) is 65.8 Å². The predicted octanol–water partition coefficient (Wildman–Crippen LogP) is 34.7. The van der Waals surface area contributed by atoms with E-state index < -0.39 is 0 Å². The molecule has 0 radical (unpaired) electrons. The van der Waals surface area contributed by atoms with Gasteiger partial charge in [-0.1, -0.05) is 438 Å². The molecule has 0 unspecified atom stereocenters. The van der Waals surface area contributed by atoms with Crippen LogP contribution >= 0.6 is 0 Å². The van der Waals surface area contributed by atoms with E-state index in [0.29, 0.717) is 144 Å². The summed E-state index contributed by atoms with van der Waals surface area (Å²) in [4.78, 5) is 90.2. The molecule has 2 N–H and O–H groups in total. The number of benzene rings is 7. The van der Waals surface area contributed by atoms with Gasteiger partial charge in [-0.25, -0.2) is 0 Å². The van der Waals surface area contributed by atoms with Crippen LogP contribution in [0.2, 0.25) is 0 Å². The summed E-state index contributed by atoms with van der Waals surface area (Å²) in [6.07, 6.45) is 79.8. The van der Waals surface area contributed by atoms with Gasteiger partial charge in [-0.3, -0.25) is 38.6 Å². The minimum absolute atomic E-state index is 0.189. The van der Waals surface area contributed by atoms with E-state index in [4.69, 9.17) is 28.4 Å². The number of amides is 6. The van der Waals surface area contributed by atoms with E-state index in [9.17, 15) is 28.8 Å². The van der Waals surface area contributed by atoms with Gasteiger partial charge in [-0.05, 0) is 145 Å². The fourth-order valence-electron chi connectivity index (χ4n) is 20.6. The molecular formula is C122H188N4O12. The summed E-state index contributed by atoms with van der Waals surface area (Å²) in [5.41, 5.74) is 2.89. The average Bonchev–Trinajstić information content (AvgIpc) is 0.689. The maximum absolute atomic E-state index is 14.7. The van der Waals surface area contributed by atoms with E-state index in [1.165, 1.54) is 318 Å². The van der Waals surface area contributed by atoms with E-state index in [1.54, 1.807) is 0 Å². The number of unbranched alkanes of at least 4 members (excludes halogenated alkanes) is 60. The number of nitrogens with zero attached hydrogens (tertiary/aromatic N) is 2. The molecule has 16 nitrogen and oxygen atoms in total. The van der Waals surface area contributed by atoms with Crippen LogP contribution < -0.4 is 39.1 Å². The highest BCUT2D eigenvalue weighted by molar-refractivity contribution is 6.41. The Morgan fingerprint density at radius 2 is 0.399 bits per heavy atom. The van der Waals surface area contributed by atoms with E-state index in [0.717, 1.165) is 148 Å². The lowest BCUT2D eigenvalue weighted by molar-refractivity contribution is 0.0592. The summed E-state index contributed by atoms with van der Waals surface area (Å²) >= 11 is 0. The molecule has 9 rings (SSSR count). The molecule has 2 heterocycles. The van der Waals surface area contributed by atoms with Crippen LogP contribution in [0.5, 0.6) is 34.5 Å². The SMILES string of the molecule is CCCCCCCCCCCCOc1cc(C(=O)NCCCCCCN2C(=O)c3ccc4c5ccc6c7c(ccc(c8ccc(c3c48)C2=O)c75)C(=O)N(CCCCCCNC(=O)c2cc(OCCCCCCCCCCCC)c(OCCCCCCCCCCCC)c(OCCCCCCCCCCCC)c2)C6=O)cc(OCCCCCCCCCCCC)c1OCCCCCCCCCCCC. The topological polar surface area (TPSA) is 188 Å². The highest BCUT2D eigenvalue weighted by atomic mass is 16.5. The third kappa shape index (κ3) is 38.9. The van der Waals surface area contributed by atoms with Gasteiger partial charge in [0.05, 0.1) is 39.6 Å². The largest absolute Gasteiger partial charge is 0.490 e. The van der Waals surface area contributed by atoms with Crippen LogP contribution in [-0.4, -0.2) is 111 Å². The molecule has 7 aromatic rings. The summed E-state index contributed by atoms with van der Waals surface area (Å²) in [6.45, 7) is 18.3. The molecule has 0 aromatic heterocycles. The lowest BCUT2D eigenvalue weighted by Gasteiger charge is -2.30. The van der Waals surface area contributed by atoms with E-state index in [-0.39, 0.29) is 48.5 Å². The monoisotopic (exact) mass is 1900 g/mol. The molecule has 0 atom stereocenters. The number of carbonyl (C=O) groups excluding carboxylic acids is 6. The maximum atomic E-state index is 14.7. The second-order valence-corrected chi connectivity index (χ2v) is 40.8. The van der Waals surface area contributed by atoms with Gasteiger partial charge >= 0.3 is 0 Å². The number of fused-ring (bicyclic) bond motifs is 2. The number of imide groups is 2. The van der Waals surface area contributed by atoms with Gasteiger partial charge in [-0.15, -0.1) is 0 Å². The standard InChI is InChI=1S/C122H188N4O12/c1-7-13-19-25-31-37-43-49-59-69-87-133-107-93-97(94-108(134-88-70-60-50-44-38-32-26-20-14-8-2)115(107)137-91-73-63-53-47-41-35-29-23-17-11-5)117(127)123-83-65-55-57-67-85-125-119(129)103-79-75-99-101-77-81-105-114-106(82-78-102(112(101)114)100-76-80-104(120(125)130)113(103)111(99)100)122(132)126(121(105)131)86-68-58-56-66-84-124-118(128)98-95-109(135-89-71-61-51-45-39-33-27-21-15-9-3)116(138-92-74-64-54-48-42-36-30-24-18-12-6)110(96-98)136-90-72-62-52-46-40-34-28-22-16-10-4/h75-82,93-96H,7-74,83-92H2,1-6H3,(H,123,127)(H,124,128).